The van der Waals surface area contributed by atoms with E-state index < -0.39 is 11.9 Å². The van der Waals surface area contributed by atoms with Gasteiger partial charge in [-0.25, -0.2) is 4.39 Å². The highest BCUT2D eigenvalue weighted by Gasteiger charge is 2.32. The Morgan fingerprint density at radius 3 is 3.04 bits per heavy atom. The molecule has 0 spiro atoms. The Kier molecular flexibility index (Phi) is 4.48. The van der Waals surface area contributed by atoms with Gasteiger partial charge in [-0.1, -0.05) is 11.6 Å². The summed E-state index contributed by atoms with van der Waals surface area (Å²) in [5.74, 6) is -0.316. The molecule has 1 fully saturated rings. The van der Waals surface area contributed by atoms with Crippen molar-refractivity contribution in [2.45, 2.75) is 38.3 Å². The molecule has 1 aromatic heterocycles. The molecular formula is C18H20FNO3. The van der Waals surface area contributed by atoms with Crippen LogP contribution >= 0.6 is 0 Å². The summed E-state index contributed by atoms with van der Waals surface area (Å²) in [6, 6.07) is 7.88. The van der Waals surface area contributed by atoms with Gasteiger partial charge in [0.15, 0.2) is 0 Å². The van der Waals surface area contributed by atoms with Crippen LogP contribution in [0.25, 0.3) is 0 Å². The molecule has 122 valence electrons. The van der Waals surface area contributed by atoms with E-state index in [4.69, 9.17) is 4.42 Å². The summed E-state index contributed by atoms with van der Waals surface area (Å²) in [5.41, 5.74) is 0.950. The van der Waals surface area contributed by atoms with Gasteiger partial charge >= 0.3 is 0 Å². The average molecular weight is 317 g/mol. The number of aryl methyl sites for hydroxylation is 1. The molecule has 1 N–H and O–H groups in total. The van der Waals surface area contributed by atoms with Crippen LogP contribution in [0.3, 0.4) is 0 Å². The summed E-state index contributed by atoms with van der Waals surface area (Å²) in [6.07, 6.45) is 2.81. The number of halogens is 1. The van der Waals surface area contributed by atoms with Crippen LogP contribution in [-0.2, 0) is 0 Å². The highest BCUT2D eigenvalue weighted by Crippen LogP contribution is 2.29. The third-order valence-electron chi connectivity index (χ3n) is 4.36. The first-order chi connectivity index (χ1) is 11.1. The fraction of sp³-hybridized carbons (Fsp3) is 0.389. The largest absolute Gasteiger partial charge is 0.467 e. The van der Waals surface area contributed by atoms with Gasteiger partial charge in [0.2, 0.25) is 0 Å². The Labute approximate surface area is 134 Å². The second-order valence-electron chi connectivity index (χ2n) is 6.04. The maximum absolute atomic E-state index is 14.0. The number of nitrogens with zero attached hydrogens (tertiary/aromatic N) is 1. The lowest BCUT2D eigenvalue weighted by molar-refractivity contribution is 0.0637. The highest BCUT2D eigenvalue weighted by molar-refractivity contribution is 5.95. The average Bonchev–Trinajstić information content (AvgIpc) is 3.20. The zero-order valence-electron chi connectivity index (χ0n) is 13.0. The van der Waals surface area contributed by atoms with Gasteiger partial charge in [-0.2, -0.15) is 0 Å². The molecule has 2 atom stereocenters. The molecule has 1 aliphatic rings. The zero-order chi connectivity index (χ0) is 16.4. The molecule has 4 nitrogen and oxygen atoms in total. The standard InChI is InChI=1S/C18H20FNO3/c1-12-6-7-15(19)14(10-12)18(22)20-8-2-4-13(20)11-16(21)17-5-3-9-23-17/h3,5-7,9-10,13,16,21H,2,4,8,11H2,1H3. The molecule has 1 aromatic carbocycles. The van der Waals surface area contributed by atoms with Crippen LogP contribution in [0.1, 0.15) is 47.0 Å². The first kappa shape index (κ1) is 15.7. The van der Waals surface area contributed by atoms with E-state index in [1.54, 1.807) is 29.2 Å². The number of aliphatic hydroxyl groups excluding tert-OH is 1. The van der Waals surface area contributed by atoms with Crippen LogP contribution in [-0.4, -0.2) is 28.5 Å². The van der Waals surface area contributed by atoms with Crippen molar-refractivity contribution in [3.8, 4) is 0 Å². The summed E-state index contributed by atoms with van der Waals surface area (Å²) in [4.78, 5) is 14.3. The molecule has 1 saturated heterocycles. The number of furan rings is 1. The molecule has 1 aliphatic heterocycles. The van der Waals surface area contributed by atoms with Gasteiger partial charge < -0.3 is 14.4 Å². The fourth-order valence-electron chi connectivity index (χ4n) is 3.16. The van der Waals surface area contributed by atoms with Gasteiger partial charge in [0.25, 0.3) is 5.91 Å². The SMILES string of the molecule is Cc1ccc(F)c(C(=O)N2CCCC2CC(O)c2ccco2)c1. The molecule has 2 aromatic rings. The molecule has 5 heteroatoms. The maximum Gasteiger partial charge on any atom is 0.257 e. The Hall–Kier alpha value is -2.14. The molecule has 0 aliphatic carbocycles. The van der Waals surface area contributed by atoms with Crippen molar-refractivity contribution in [1.29, 1.82) is 0 Å². The van der Waals surface area contributed by atoms with Crippen molar-refractivity contribution in [2.75, 3.05) is 6.54 Å². The van der Waals surface area contributed by atoms with Gasteiger partial charge in [-0.05, 0) is 44.0 Å². The van der Waals surface area contributed by atoms with E-state index in [1.807, 2.05) is 6.92 Å². The number of amides is 1. The number of carbonyl (C=O) groups is 1. The Bertz CT molecular complexity index is 684. The lowest BCUT2D eigenvalue weighted by atomic mass is 10.0. The van der Waals surface area contributed by atoms with E-state index in [9.17, 15) is 14.3 Å². The topological polar surface area (TPSA) is 53.7 Å². The molecule has 0 saturated carbocycles. The van der Waals surface area contributed by atoms with Crippen molar-refractivity contribution in [3.05, 3.63) is 59.3 Å². The van der Waals surface area contributed by atoms with Gasteiger partial charge in [-0.3, -0.25) is 4.79 Å². The molecular weight excluding hydrogens is 297 g/mol. The van der Waals surface area contributed by atoms with Crippen molar-refractivity contribution in [3.63, 3.8) is 0 Å². The minimum Gasteiger partial charge on any atom is -0.467 e. The van der Waals surface area contributed by atoms with Gasteiger partial charge in [0.1, 0.15) is 17.7 Å². The monoisotopic (exact) mass is 317 g/mol. The number of rotatable bonds is 4. The zero-order valence-corrected chi connectivity index (χ0v) is 13.0. The van der Waals surface area contributed by atoms with Crippen molar-refractivity contribution in [1.82, 2.24) is 4.90 Å². The predicted molar refractivity (Wildman–Crippen MR) is 83.5 cm³/mol. The minimum absolute atomic E-state index is 0.101. The van der Waals surface area contributed by atoms with Crippen LogP contribution in [0.15, 0.2) is 41.0 Å². The molecule has 3 rings (SSSR count). The van der Waals surface area contributed by atoms with Crippen LogP contribution in [0.2, 0.25) is 0 Å². The van der Waals surface area contributed by atoms with Gasteiger partial charge in [-0.15, -0.1) is 0 Å². The minimum atomic E-state index is -0.759. The quantitative estimate of drug-likeness (QED) is 0.939. The summed E-state index contributed by atoms with van der Waals surface area (Å²) in [7, 11) is 0. The molecule has 23 heavy (non-hydrogen) atoms. The van der Waals surface area contributed by atoms with Gasteiger partial charge in [0.05, 0.1) is 11.8 Å². The van der Waals surface area contributed by atoms with E-state index in [1.165, 1.54) is 12.3 Å². The Balaban J connectivity index is 1.76. The lowest BCUT2D eigenvalue weighted by Crippen LogP contribution is -2.37. The predicted octanol–water partition coefficient (Wildman–Crippen LogP) is 3.46. The van der Waals surface area contributed by atoms with E-state index in [0.717, 1.165) is 18.4 Å². The second kappa shape index (κ2) is 6.54. The van der Waals surface area contributed by atoms with Crippen LogP contribution in [0, 0.1) is 12.7 Å². The Morgan fingerprint density at radius 2 is 2.30 bits per heavy atom. The number of hydrogen-bond acceptors (Lipinski definition) is 3. The molecule has 0 bridgehead atoms. The summed E-state index contributed by atoms with van der Waals surface area (Å²) in [5, 5.41) is 10.2. The van der Waals surface area contributed by atoms with Crippen molar-refractivity contribution in [2.24, 2.45) is 0 Å². The third kappa shape index (κ3) is 3.29. The van der Waals surface area contributed by atoms with E-state index in [0.29, 0.717) is 18.7 Å². The van der Waals surface area contributed by atoms with Gasteiger partial charge in [0, 0.05) is 19.0 Å². The first-order valence-corrected chi connectivity index (χ1v) is 7.85. The molecule has 1 amide bonds. The smallest absolute Gasteiger partial charge is 0.257 e. The van der Waals surface area contributed by atoms with E-state index in [2.05, 4.69) is 0 Å². The number of benzene rings is 1. The first-order valence-electron chi connectivity index (χ1n) is 7.85. The maximum atomic E-state index is 14.0. The van der Waals surface area contributed by atoms with Crippen molar-refractivity contribution >= 4 is 5.91 Å². The summed E-state index contributed by atoms with van der Waals surface area (Å²) in [6.45, 7) is 2.42. The molecule has 2 heterocycles. The van der Waals surface area contributed by atoms with Crippen LogP contribution in [0.5, 0.6) is 0 Å². The molecule has 0 radical (unpaired) electrons. The second-order valence-corrected chi connectivity index (χ2v) is 6.04. The van der Waals surface area contributed by atoms with Crippen LogP contribution in [0.4, 0.5) is 4.39 Å². The fourth-order valence-corrected chi connectivity index (χ4v) is 3.16. The lowest BCUT2D eigenvalue weighted by Gasteiger charge is -2.26. The Morgan fingerprint density at radius 1 is 1.48 bits per heavy atom. The normalized spacial score (nSPS) is 19.1. The number of likely N-dealkylation sites (tertiary alicyclic amines) is 1. The van der Waals surface area contributed by atoms with E-state index >= 15 is 0 Å². The number of hydrogen-bond donors (Lipinski definition) is 1. The van der Waals surface area contributed by atoms with Crippen LogP contribution < -0.4 is 0 Å². The number of carbonyl (C=O) groups excluding carboxylic acids is 1. The summed E-state index contributed by atoms with van der Waals surface area (Å²) >= 11 is 0. The third-order valence-corrected chi connectivity index (χ3v) is 4.36. The summed E-state index contributed by atoms with van der Waals surface area (Å²) < 4.78 is 19.2. The number of aliphatic hydroxyl groups is 1. The van der Waals surface area contributed by atoms with E-state index in [-0.39, 0.29) is 17.5 Å². The van der Waals surface area contributed by atoms with Crippen molar-refractivity contribution < 1.29 is 18.7 Å². The highest BCUT2D eigenvalue weighted by atomic mass is 19.1. The molecule has 2 unspecified atom stereocenters.